The Morgan fingerprint density at radius 1 is 1.50 bits per heavy atom. The van der Waals surface area contributed by atoms with Gasteiger partial charge in [0.25, 0.3) is 0 Å². The van der Waals surface area contributed by atoms with E-state index in [1.807, 2.05) is 32.2 Å². The van der Waals surface area contributed by atoms with Gasteiger partial charge in [-0.1, -0.05) is 15.9 Å². The molecule has 0 radical (unpaired) electrons. The monoisotopic (exact) mass is 282 g/mol. The van der Waals surface area contributed by atoms with E-state index >= 15 is 0 Å². The van der Waals surface area contributed by atoms with Crippen molar-refractivity contribution in [3.8, 4) is 0 Å². The van der Waals surface area contributed by atoms with Gasteiger partial charge in [0.05, 0.1) is 6.10 Å². The third-order valence-corrected chi connectivity index (χ3v) is 3.22. The fourth-order valence-electron chi connectivity index (χ4n) is 2.04. The second-order valence-corrected chi connectivity index (χ2v) is 4.84. The second kappa shape index (κ2) is 4.57. The van der Waals surface area contributed by atoms with Crippen molar-refractivity contribution in [3.63, 3.8) is 0 Å². The molecule has 0 spiro atoms. The molecule has 0 aliphatic heterocycles. The maximum absolute atomic E-state index is 10.1. The molecule has 86 valence electrons. The Balaban J connectivity index is 2.58. The number of H-pyrrole nitrogens is 1. The van der Waals surface area contributed by atoms with Crippen LogP contribution in [0.2, 0.25) is 0 Å². The third kappa shape index (κ3) is 2.00. The number of aliphatic hydroxyl groups is 1. The van der Waals surface area contributed by atoms with Gasteiger partial charge in [-0.25, -0.2) is 0 Å². The highest BCUT2D eigenvalue weighted by Gasteiger charge is 2.15. The number of fused-ring (bicyclic) bond motifs is 1. The van der Waals surface area contributed by atoms with Crippen LogP contribution in [-0.2, 0) is 0 Å². The van der Waals surface area contributed by atoms with Crippen molar-refractivity contribution in [1.29, 1.82) is 0 Å². The summed E-state index contributed by atoms with van der Waals surface area (Å²) in [5.41, 5.74) is 3.06. The Bertz CT molecular complexity index is 507. The maximum Gasteiger partial charge on any atom is 0.0937 e. The Morgan fingerprint density at radius 3 is 2.94 bits per heavy atom. The summed E-state index contributed by atoms with van der Waals surface area (Å²) in [7, 11) is 1.84. The fraction of sp³-hybridized carbons (Fsp3) is 0.333. The largest absolute Gasteiger partial charge is 0.387 e. The molecule has 3 N–H and O–H groups in total. The zero-order valence-corrected chi connectivity index (χ0v) is 10.9. The van der Waals surface area contributed by atoms with Gasteiger partial charge in [-0.2, -0.15) is 0 Å². The van der Waals surface area contributed by atoms with Crippen LogP contribution in [0, 0.1) is 6.92 Å². The van der Waals surface area contributed by atoms with Crippen molar-refractivity contribution in [1.82, 2.24) is 10.3 Å². The average Bonchev–Trinajstić information content (AvgIpc) is 2.53. The summed E-state index contributed by atoms with van der Waals surface area (Å²) in [5.74, 6) is 0. The number of aromatic amines is 1. The number of hydrogen-bond donors (Lipinski definition) is 3. The average molecular weight is 283 g/mol. The highest BCUT2D eigenvalue weighted by atomic mass is 79.9. The van der Waals surface area contributed by atoms with E-state index in [4.69, 9.17) is 0 Å². The predicted molar refractivity (Wildman–Crippen MR) is 69.6 cm³/mol. The topological polar surface area (TPSA) is 48.0 Å². The molecule has 1 unspecified atom stereocenters. The van der Waals surface area contributed by atoms with E-state index in [0.717, 1.165) is 26.6 Å². The van der Waals surface area contributed by atoms with E-state index in [2.05, 4.69) is 26.2 Å². The highest BCUT2D eigenvalue weighted by Crippen LogP contribution is 2.29. The SMILES string of the molecule is CNCC(O)c1c(C)[nH]c2ccc(Br)cc12. The van der Waals surface area contributed by atoms with Crippen LogP contribution in [0.1, 0.15) is 17.4 Å². The molecule has 3 nitrogen and oxygen atoms in total. The Labute approximate surface area is 103 Å². The van der Waals surface area contributed by atoms with Gasteiger partial charge >= 0.3 is 0 Å². The van der Waals surface area contributed by atoms with E-state index in [0.29, 0.717) is 6.54 Å². The van der Waals surface area contributed by atoms with Crippen molar-refractivity contribution in [2.24, 2.45) is 0 Å². The molecular formula is C12H15BrN2O. The molecule has 0 fully saturated rings. The summed E-state index contributed by atoms with van der Waals surface area (Å²) in [6, 6.07) is 6.04. The van der Waals surface area contributed by atoms with Crippen LogP contribution >= 0.6 is 15.9 Å². The first-order chi connectivity index (χ1) is 7.63. The van der Waals surface area contributed by atoms with Crippen LogP contribution in [0.4, 0.5) is 0 Å². The zero-order valence-electron chi connectivity index (χ0n) is 9.34. The van der Waals surface area contributed by atoms with E-state index in [-0.39, 0.29) is 0 Å². The second-order valence-electron chi connectivity index (χ2n) is 3.93. The number of nitrogens with one attached hydrogen (secondary N) is 2. The number of aliphatic hydroxyl groups excluding tert-OH is 1. The Morgan fingerprint density at radius 2 is 2.25 bits per heavy atom. The lowest BCUT2D eigenvalue weighted by atomic mass is 10.1. The minimum absolute atomic E-state index is 0.479. The summed E-state index contributed by atoms with van der Waals surface area (Å²) in [5, 5.41) is 14.1. The van der Waals surface area contributed by atoms with Crippen molar-refractivity contribution in [2.75, 3.05) is 13.6 Å². The fourth-order valence-corrected chi connectivity index (χ4v) is 2.41. The third-order valence-electron chi connectivity index (χ3n) is 2.73. The summed E-state index contributed by atoms with van der Waals surface area (Å²) in [6.07, 6.45) is -0.479. The smallest absolute Gasteiger partial charge is 0.0937 e. The molecule has 4 heteroatoms. The van der Waals surface area contributed by atoms with Crippen molar-refractivity contribution in [3.05, 3.63) is 33.9 Å². The van der Waals surface area contributed by atoms with Gasteiger partial charge in [-0.15, -0.1) is 0 Å². The summed E-state index contributed by atoms with van der Waals surface area (Å²) in [4.78, 5) is 3.28. The lowest BCUT2D eigenvalue weighted by Gasteiger charge is -2.10. The minimum Gasteiger partial charge on any atom is -0.387 e. The van der Waals surface area contributed by atoms with Crippen LogP contribution in [0.15, 0.2) is 22.7 Å². The zero-order chi connectivity index (χ0) is 11.7. The van der Waals surface area contributed by atoms with Gasteiger partial charge < -0.3 is 15.4 Å². The van der Waals surface area contributed by atoms with Crippen molar-refractivity contribution < 1.29 is 5.11 Å². The number of aromatic nitrogens is 1. The molecule has 16 heavy (non-hydrogen) atoms. The van der Waals surface area contributed by atoms with Gasteiger partial charge in [-0.05, 0) is 32.2 Å². The van der Waals surface area contributed by atoms with Gasteiger partial charge in [0.1, 0.15) is 0 Å². The lowest BCUT2D eigenvalue weighted by molar-refractivity contribution is 0.178. The first-order valence-electron chi connectivity index (χ1n) is 5.24. The Hall–Kier alpha value is -0.840. The molecule has 0 bridgehead atoms. The normalized spacial score (nSPS) is 13.2. The molecule has 1 aromatic carbocycles. The van der Waals surface area contributed by atoms with Crippen LogP contribution in [-0.4, -0.2) is 23.7 Å². The van der Waals surface area contributed by atoms with Gasteiger partial charge in [0.15, 0.2) is 0 Å². The quantitative estimate of drug-likeness (QED) is 0.810. The molecule has 2 rings (SSSR count). The highest BCUT2D eigenvalue weighted by molar-refractivity contribution is 9.10. The summed E-state index contributed by atoms with van der Waals surface area (Å²) >= 11 is 3.45. The van der Waals surface area contributed by atoms with Gasteiger partial charge in [0, 0.05) is 33.2 Å². The minimum atomic E-state index is -0.479. The molecule has 1 aromatic heterocycles. The summed E-state index contributed by atoms with van der Waals surface area (Å²) < 4.78 is 1.02. The van der Waals surface area contributed by atoms with E-state index in [1.165, 1.54) is 0 Å². The van der Waals surface area contributed by atoms with Crippen LogP contribution < -0.4 is 5.32 Å². The van der Waals surface area contributed by atoms with E-state index in [9.17, 15) is 5.11 Å². The number of halogens is 1. The standard InChI is InChI=1S/C12H15BrN2O/c1-7-12(11(16)6-14-2)9-5-8(13)3-4-10(9)15-7/h3-5,11,14-16H,6H2,1-2H3. The van der Waals surface area contributed by atoms with Crippen LogP contribution in [0.3, 0.4) is 0 Å². The Kier molecular flexibility index (Phi) is 3.33. The van der Waals surface area contributed by atoms with Crippen molar-refractivity contribution >= 4 is 26.8 Å². The molecule has 1 heterocycles. The molecule has 0 saturated heterocycles. The predicted octanol–water partition coefficient (Wildman–Crippen LogP) is 2.49. The van der Waals surface area contributed by atoms with Gasteiger partial charge in [-0.3, -0.25) is 0 Å². The number of rotatable bonds is 3. The molecular weight excluding hydrogens is 268 g/mol. The molecule has 0 aliphatic carbocycles. The first-order valence-corrected chi connectivity index (χ1v) is 6.03. The van der Waals surface area contributed by atoms with E-state index < -0.39 is 6.10 Å². The van der Waals surface area contributed by atoms with Crippen LogP contribution in [0.5, 0.6) is 0 Å². The number of likely N-dealkylation sites (N-methyl/N-ethyl adjacent to an activating group) is 1. The van der Waals surface area contributed by atoms with E-state index in [1.54, 1.807) is 0 Å². The molecule has 0 amide bonds. The molecule has 0 aliphatic rings. The molecule has 0 saturated carbocycles. The van der Waals surface area contributed by atoms with Gasteiger partial charge in [0.2, 0.25) is 0 Å². The number of benzene rings is 1. The molecule has 1 atom stereocenters. The lowest BCUT2D eigenvalue weighted by Crippen LogP contribution is -2.17. The number of aryl methyl sites for hydroxylation is 1. The maximum atomic E-state index is 10.1. The van der Waals surface area contributed by atoms with Crippen LogP contribution in [0.25, 0.3) is 10.9 Å². The summed E-state index contributed by atoms with van der Waals surface area (Å²) in [6.45, 7) is 2.54. The molecule has 2 aromatic rings. The number of hydrogen-bond acceptors (Lipinski definition) is 2. The van der Waals surface area contributed by atoms with Crippen molar-refractivity contribution in [2.45, 2.75) is 13.0 Å². The first kappa shape index (κ1) is 11.6.